The second-order valence-electron chi connectivity index (χ2n) is 2.77. The van der Waals surface area contributed by atoms with Crippen molar-refractivity contribution in [3.05, 3.63) is 39.3 Å². The number of carbonyl (C=O) groups is 1. The van der Waals surface area contributed by atoms with E-state index in [1.165, 1.54) is 22.7 Å². The van der Waals surface area contributed by atoms with Gasteiger partial charge in [-0.2, -0.15) is 0 Å². The fraction of sp³-hybridized carbons (Fsp3) is 0. The van der Waals surface area contributed by atoms with Crippen molar-refractivity contribution in [3.8, 4) is 0 Å². The van der Waals surface area contributed by atoms with E-state index in [9.17, 15) is 14.9 Å². The SMILES string of the molecule is O=Cc1nc([N+](=O)[O-])c2ccc(Cl)cn12. The minimum atomic E-state index is -0.643. The average Bonchev–Trinajstić information content (AvgIpc) is 2.55. The third-order valence-electron chi connectivity index (χ3n) is 1.89. The fourth-order valence-corrected chi connectivity index (χ4v) is 1.44. The van der Waals surface area contributed by atoms with E-state index < -0.39 is 4.92 Å². The summed E-state index contributed by atoms with van der Waals surface area (Å²) >= 11 is 5.70. The number of pyridine rings is 1. The molecule has 2 aromatic heterocycles. The smallest absolute Gasteiger partial charge is 0.358 e. The summed E-state index contributed by atoms with van der Waals surface area (Å²) in [5, 5.41) is 11.0. The number of halogens is 1. The van der Waals surface area contributed by atoms with Crippen LogP contribution in [0.1, 0.15) is 10.6 Å². The number of nitro groups is 1. The Hall–Kier alpha value is -1.95. The van der Waals surface area contributed by atoms with Gasteiger partial charge in [-0.3, -0.25) is 9.20 Å². The standard InChI is InChI=1S/C8H4ClN3O3/c9-5-1-2-6-8(12(14)15)10-7(4-13)11(6)3-5/h1-4H. The summed E-state index contributed by atoms with van der Waals surface area (Å²) in [6.45, 7) is 0. The zero-order valence-corrected chi connectivity index (χ0v) is 8.01. The molecule has 0 fully saturated rings. The lowest BCUT2D eigenvalue weighted by Crippen LogP contribution is -1.90. The molecule has 0 spiro atoms. The Morgan fingerprint density at radius 3 is 2.87 bits per heavy atom. The van der Waals surface area contributed by atoms with Crippen LogP contribution in [0.5, 0.6) is 0 Å². The lowest BCUT2D eigenvalue weighted by atomic mass is 10.4. The lowest BCUT2D eigenvalue weighted by Gasteiger charge is -1.93. The van der Waals surface area contributed by atoms with Crippen molar-refractivity contribution in [2.75, 3.05) is 0 Å². The van der Waals surface area contributed by atoms with Crippen molar-refractivity contribution in [1.82, 2.24) is 9.38 Å². The van der Waals surface area contributed by atoms with Crippen LogP contribution in [0.15, 0.2) is 18.3 Å². The number of imidazole rings is 1. The van der Waals surface area contributed by atoms with Crippen LogP contribution in [0.25, 0.3) is 5.52 Å². The molecule has 2 aromatic rings. The van der Waals surface area contributed by atoms with E-state index in [-0.39, 0.29) is 17.2 Å². The fourth-order valence-electron chi connectivity index (χ4n) is 1.28. The molecule has 0 bridgehead atoms. The van der Waals surface area contributed by atoms with E-state index >= 15 is 0 Å². The number of aldehydes is 1. The Balaban J connectivity index is 2.86. The van der Waals surface area contributed by atoms with Crippen molar-refractivity contribution in [1.29, 1.82) is 0 Å². The molecule has 6 nitrogen and oxygen atoms in total. The first-order valence-electron chi connectivity index (χ1n) is 3.90. The van der Waals surface area contributed by atoms with Crippen molar-refractivity contribution in [3.63, 3.8) is 0 Å². The number of hydrogen-bond donors (Lipinski definition) is 0. The largest absolute Gasteiger partial charge is 0.390 e. The number of fused-ring (bicyclic) bond motifs is 1. The first kappa shape index (κ1) is 9.60. The lowest BCUT2D eigenvalue weighted by molar-refractivity contribution is -0.387. The van der Waals surface area contributed by atoms with Crippen molar-refractivity contribution < 1.29 is 9.72 Å². The van der Waals surface area contributed by atoms with Gasteiger partial charge in [0.15, 0.2) is 0 Å². The van der Waals surface area contributed by atoms with E-state index in [4.69, 9.17) is 11.6 Å². The van der Waals surface area contributed by atoms with E-state index in [0.717, 1.165) is 0 Å². The summed E-state index contributed by atoms with van der Waals surface area (Å²) in [6, 6.07) is 2.95. The van der Waals surface area contributed by atoms with Crippen molar-refractivity contribution >= 4 is 29.2 Å². The molecule has 0 aliphatic rings. The highest BCUT2D eigenvalue weighted by Gasteiger charge is 2.21. The second-order valence-corrected chi connectivity index (χ2v) is 3.21. The zero-order chi connectivity index (χ0) is 11.0. The Morgan fingerprint density at radius 1 is 1.53 bits per heavy atom. The molecule has 0 aromatic carbocycles. The highest BCUT2D eigenvalue weighted by molar-refractivity contribution is 6.30. The molecule has 76 valence electrons. The van der Waals surface area contributed by atoms with Gasteiger partial charge in [0.05, 0.1) is 5.02 Å². The van der Waals surface area contributed by atoms with Gasteiger partial charge in [0.25, 0.3) is 5.82 Å². The summed E-state index contributed by atoms with van der Waals surface area (Å²) in [4.78, 5) is 24.2. The monoisotopic (exact) mass is 225 g/mol. The predicted molar refractivity (Wildman–Crippen MR) is 52.2 cm³/mol. The summed E-state index contributed by atoms with van der Waals surface area (Å²) in [5.41, 5.74) is 0.242. The minimum absolute atomic E-state index is 0.0424. The van der Waals surface area contributed by atoms with Crippen LogP contribution in [0, 0.1) is 10.1 Å². The molecule has 0 saturated heterocycles. The maximum atomic E-state index is 10.6. The molecule has 0 aliphatic heterocycles. The van der Waals surface area contributed by atoms with E-state index in [1.807, 2.05) is 0 Å². The average molecular weight is 226 g/mol. The molecule has 0 atom stereocenters. The Bertz CT molecular complexity index is 564. The third-order valence-corrected chi connectivity index (χ3v) is 2.11. The molecule has 0 aliphatic carbocycles. The Labute approximate surface area is 88.3 Å². The second kappa shape index (κ2) is 3.32. The number of aromatic nitrogens is 2. The summed E-state index contributed by atoms with van der Waals surface area (Å²) in [6.07, 6.45) is 1.84. The maximum absolute atomic E-state index is 10.6. The number of hydrogen-bond acceptors (Lipinski definition) is 4. The molecule has 0 unspecified atom stereocenters. The van der Waals surface area contributed by atoms with Crippen LogP contribution in [-0.2, 0) is 0 Å². The van der Waals surface area contributed by atoms with Crippen LogP contribution in [0.4, 0.5) is 5.82 Å². The van der Waals surface area contributed by atoms with Crippen LogP contribution < -0.4 is 0 Å². The minimum Gasteiger partial charge on any atom is -0.358 e. The summed E-state index contributed by atoms with van der Waals surface area (Å²) in [7, 11) is 0. The summed E-state index contributed by atoms with van der Waals surface area (Å²) in [5.74, 6) is -0.395. The molecule has 0 saturated carbocycles. The maximum Gasteiger partial charge on any atom is 0.390 e. The Kier molecular flexibility index (Phi) is 2.12. The van der Waals surface area contributed by atoms with Crippen molar-refractivity contribution in [2.24, 2.45) is 0 Å². The molecule has 0 N–H and O–H groups in total. The van der Waals surface area contributed by atoms with Gasteiger partial charge in [0.2, 0.25) is 6.29 Å². The van der Waals surface area contributed by atoms with Crippen LogP contribution in [-0.4, -0.2) is 20.6 Å². The normalized spacial score (nSPS) is 10.5. The van der Waals surface area contributed by atoms with Gasteiger partial charge in [0.1, 0.15) is 5.52 Å². The molecule has 2 rings (SSSR count). The molecule has 7 heteroatoms. The first-order valence-corrected chi connectivity index (χ1v) is 4.28. The number of carbonyl (C=O) groups excluding carboxylic acids is 1. The molecule has 15 heavy (non-hydrogen) atoms. The predicted octanol–water partition coefficient (Wildman–Crippen LogP) is 1.71. The molecular formula is C8H4ClN3O3. The topological polar surface area (TPSA) is 77.5 Å². The van der Waals surface area contributed by atoms with E-state index in [1.54, 1.807) is 0 Å². The molecule has 0 radical (unpaired) electrons. The van der Waals surface area contributed by atoms with Gasteiger partial charge in [-0.25, -0.2) is 0 Å². The van der Waals surface area contributed by atoms with Crippen LogP contribution in [0.3, 0.4) is 0 Å². The summed E-state index contributed by atoms with van der Waals surface area (Å²) < 4.78 is 1.29. The molecule has 0 amide bonds. The Morgan fingerprint density at radius 2 is 2.27 bits per heavy atom. The van der Waals surface area contributed by atoms with E-state index in [0.29, 0.717) is 11.3 Å². The van der Waals surface area contributed by atoms with Gasteiger partial charge < -0.3 is 10.1 Å². The first-order chi connectivity index (χ1) is 7.13. The van der Waals surface area contributed by atoms with Gasteiger partial charge >= 0.3 is 5.82 Å². The van der Waals surface area contributed by atoms with Gasteiger partial charge in [-0.05, 0) is 22.0 Å². The number of rotatable bonds is 2. The van der Waals surface area contributed by atoms with Crippen molar-refractivity contribution in [2.45, 2.75) is 0 Å². The third kappa shape index (κ3) is 1.44. The highest BCUT2D eigenvalue weighted by Crippen LogP contribution is 2.21. The van der Waals surface area contributed by atoms with Crippen LogP contribution in [0.2, 0.25) is 5.02 Å². The van der Waals surface area contributed by atoms with Gasteiger partial charge in [-0.1, -0.05) is 11.6 Å². The van der Waals surface area contributed by atoms with E-state index in [2.05, 4.69) is 4.98 Å². The number of nitrogens with zero attached hydrogens (tertiary/aromatic N) is 3. The van der Waals surface area contributed by atoms with Gasteiger partial charge in [0, 0.05) is 6.20 Å². The highest BCUT2D eigenvalue weighted by atomic mass is 35.5. The quantitative estimate of drug-likeness (QED) is 0.443. The van der Waals surface area contributed by atoms with Crippen LogP contribution >= 0.6 is 11.6 Å². The molecular weight excluding hydrogens is 222 g/mol. The molecule has 2 heterocycles. The zero-order valence-electron chi connectivity index (χ0n) is 7.25. The van der Waals surface area contributed by atoms with Gasteiger partial charge in [-0.15, -0.1) is 0 Å².